The van der Waals surface area contributed by atoms with Gasteiger partial charge in [-0.05, 0) is 65.7 Å². The van der Waals surface area contributed by atoms with E-state index in [0.717, 1.165) is 19.6 Å². The van der Waals surface area contributed by atoms with Crippen molar-refractivity contribution in [2.75, 3.05) is 7.11 Å². The van der Waals surface area contributed by atoms with Crippen molar-refractivity contribution in [2.45, 2.75) is 19.6 Å². The third-order valence-corrected chi connectivity index (χ3v) is 7.59. The van der Waals surface area contributed by atoms with Gasteiger partial charge in [0.2, 0.25) is 0 Å². The predicted octanol–water partition coefficient (Wildman–Crippen LogP) is 9.43. The molecule has 0 amide bonds. The number of carbonyl (C=O) groups excluding carboxylic acids is 1. The van der Waals surface area contributed by atoms with Crippen LogP contribution in [0, 0.1) is 0 Å². The van der Waals surface area contributed by atoms with Gasteiger partial charge >= 0.3 is 5.97 Å². The number of nitrogens with zero attached hydrogens (tertiary/aromatic N) is 3. The first kappa shape index (κ1) is 25.7. The fourth-order valence-electron chi connectivity index (χ4n) is 2.56. The zero-order valence-corrected chi connectivity index (χ0v) is 21.4. The first-order valence-electron chi connectivity index (χ1n) is 9.05. The SMILES string of the molecule is COC(=O)/C(=C/c1ccc(Sc2ccc(Cl)c(Cl)c2)cc1Sc1ccc(Cl)c(Cl)c1)N=[N+]=[N-]. The number of azide groups is 1. The van der Waals surface area contributed by atoms with Gasteiger partial charge in [0, 0.05) is 24.5 Å². The van der Waals surface area contributed by atoms with E-state index in [1.165, 1.54) is 36.7 Å². The Morgan fingerprint density at radius 3 is 1.97 bits per heavy atom. The van der Waals surface area contributed by atoms with E-state index in [2.05, 4.69) is 10.0 Å². The average Bonchev–Trinajstić information content (AvgIpc) is 2.79. The van der Waals surface area contributed by atoms with Crippen LogP contribution >= 0.6 is 69.9 Å². The smallest absolute Gasteiger partial charge is 0.340 e. The molecular formula is C22H13Cl4N3O2S2. The predicted molar refractivity (Wildman–Crippen MR) is 137 cm³/mol. The Morgan fingerprint density at radius 2 is 1.42 bits per heavy atom. The number of rotatable bonds is 7. The molecule has 0 unspecified atom stereocenters. The summed E-state index contributed by atoms with van der Waals surface area (Å²) in [4.78, 5) is 18.2. The van der Waals surface area contributed by atoms with E-state index in [1.807, 2.05) is 30.3 Å². The molecule has 3 aromatic rings. The van der Waals surface area contributed by atoms with Crippen molar-refractivity contribution in [3.8, 4) is 0 Å². The van der Waals surface area contributed by atoms with E-state index in [-0.39, 0.29) is 5.70 Å². The molecule has 0 fully saturated rings. The Balaban J connectivity index is 2.05. The Kier molecular flexibility index (Phi) is 9.29. The minimum Gasteiger partial charge on any atom is -0.466 e. The minimum atomic E-state index is -0.743. The van der Waals surface area contributed by atoms with Crippen LogP contribution in [0.25, 0.3) is 16.5 Å². The van der Waals surface area contributed by atoms with Crippen LogP contribution in [0.5, 0.6) is 0 Å². The van der Waals surface area contributed by atoms with Crippen LogP contribution in [0.2, 0.25) is 20.1 Å². The number of carbonyl (C=O) groups is 1. The molecule has 0 atom stereocenters. The van der Waals surface area contributed by atoms with Crippen molar-refractivity contribution in [2.24, 2.45) is 5.11 Å². The lowest BCUT2D eigenvalue weighted by Gasteiger charge is -2.11. The van der Waals surface area contributed by atoms with E-state index >= 15 is 0 Å². The molecule has 168 valence electrons. The van der Waals surface area contributed by atoms with Crippen molar-refractivity contribution in [3.05, 3.63) is 96.4 Å². The highest BCUT2D eigenvalue weighted by Crippen LogP contribution is 2.39. The van der Waals surface area contributed by atoms with Crippen molar-refractivity contribution < 1.29 is 9.53 Å². The van der Waals surface area contributed by atoms with Gasteiger partial charge in [-0.15, -0.1) is 0 Å². The van der Waals surface area contributed by atoms with Gasteiger partial charge in [-0.2, -0.15) is 0 Å². The van der Waals surface area contributed by atoms with Gasteiger partial charge in [-0.1, -0.05) is 81.1 Å². The van der Waals surface area contributed by atoms with E-state index in [9.17, 15) is 4.79 Å². The van der Waals surface area contributed by atoms with E-state index in [4.69, 9.17) is 56.7 Å². The molecule has 0 aliphatic rings. The van der Waals surface area contributed by atoms with Crippen LogP contribution in [-0.4, -0.2) is 13.1 Å². The molecule has 0 saturated heterocycles. The molecule has 11 heteroatoms. The topological polar surface area (TPSA) is 75.1 Å². The van der Waals surface area contributed by atoms with Gasteiger partial charge in [0.25, 0.3) is 0 Å². The quantitative estimate of drug-likeness (QED) is 0.0954. The van der Waals surface area contributed by atoms with E-state index in [0.29, 0.717) is 25.7 Å². The normalized spacial score (nSPS) is 11.1. The highest BCUT2D eigenvalue weighted by Gasteiger charge is 2.12. The molecular weight excluding hydrogens is 544 g/mol. The van der Waals surface area contributed by atoms with Crippen LogP contribution in [0.4, 0.5) is 0 Å². The molecule has 3 rings (SSSR count). The summed E-state index contributed by atoms with van der Waals surface area (Å²) in [7, 11) is 1.21. The Hall–Kier alpha value is -1.96. The standard InChI is InChI=1S/C22H13Cl4N3O2S2/c1-31-22(30)20(28-29-27)8-12-2-3-15(32-13-4-6-16(23)18(25)9-13)11-21(12)33-14-5-7-17(24)19(26)10-14/h2-11H,1H3/b20-8-. The molecule has 3 aromatic carbocycles. The molecule has 5 nitrogen and oxygen atoms in total. The number of halogens is 4. The zero-order chi connectivity index (χ0) is 24.0. The van der Waals surface area contributed by atoms with Crippen LogP contribution in [-0.2, 0) is 9.53 Å². The van der Waals surface area contributed by atoms with Gasteiger partial charge < -0.3 is 4.74 Å². The Morgan fingerprint density at radius 1 is 0.879 bits per heavy atom. The van der Waals surface area contributed by atoms with Crippen LogP contribution in [0.1, 0.15) is 5.56 Å². The molecule has 0 radical (unpaired) electrons. The van der Waals surface area contributed by atoms with Crippen LogP contribution < -0.4 is 0 Å². The van der Waals surface area contributed by atoms with Crippen LogP contribution in [0.3, 0.4) is 0 Å². The monoisotopic (exact) mass is 555 g/mol. The highest BCUT2D eigenvalue weighted by molar-refractivity contribution is 8.00. The number of esters is 1. The molecule has 0 spiro atoms. The molecule has 0 heterocycles. The molecule has 0 N–H and O–H groups in total. The van der Waals surface area contributed by atoms with Gasteiger partial charge in [-0.25, -0.2) is 4.79 Å². The fourth-order valence-corrected chi connectivity index (χ4v) is 5.25. The van der Waals surface area contributed by atoms with Crippen molar-refractivity contribution >= 4 is 82.0 Å². The maximum absolute atomic E-state index is 12.0. The maximum atomic E-state index is 12.0. The summed E-state index contributed by atoms with van der Waals surface area (Å²) >= 11 is 27.3. The van der Waals surface area contributed by atoms with Crippen molar-refractivity contribution in [1.82, 2.24) is 0 Å². The third-order valence-electron chi connectivity index (χ3n) is 4.07. The summed E-state index contributed by atoms with van der Waals surface area (Å²) < 4.78 is 4.71. The lowest BCUT2D eigenvalue weighted by Crippen LogP contribution is -2.02. The summed E-state index contributed by atoms with van der Waals surface area (Å²) in [5.41, 5.74) is 9.31. The second-order valence-corrected chi connectivity index (χ2v) is 10.2. The fraction of sp³-hybridized carbons (Fsp3) is 0.0455. The summed E-state index contributed by atoms with van der Waals surface area (Å²) in [5, 5.41) is 5.26. The number of benzene rings is 3. The lowest BCUT2D eigenvalue weighted by molar-refractivity contribution is -0.136. The van der Waals surface area contributed by atoms with Crippen molar-refractivity contribution in [3.63, 3.8) is 0 Å². The molecule has 0 aromatic heterocycles. The van der Waals surface area contributed by atoms with E-state index < -0.39 is 5.97 Å². The summed E-state index contributed by atoms with van der Waals surface area (Å²) in [6.07, 6.45) is 1.47. The first-order valence-corrected chi connectivity index (χ1v) is 12.2. The molecule has 0 saturated carbocycles. The number of methoxy groups -OCH3 is 1. The third kappa shape index (κ3) is 7.01. The minimum absolute atomic E-state index is 0.166. The second-order valence-electron chi connectivity index (χ2n) is 6.27. The Bertz CT molecular complexity index is 1290. The van der Waals surface area contributed by atoms with Gasteiger partial charge in [0.05, 0.1) is 27.2 Å². The lowest BCUT2D eigenvalue weighted by atomic mass is 10.2. The highest BCUT2D eigenvalue weighted by atomic mass is 35.5. The van der Waals surface area contributed by atoms with Crippen molar-refractivity contribution in [1.29, 1.82) is 0 Å². The first-order chi connectivity index (χ1) is 15.8. The second kappa shape index (κ2) is 12.0. The number of hydrogen-bond donors (Lipinski definition) is 0. The molecule has 0 aliphatic carbocycles. The number of ether oxygens (including phenoxy) is 1. The molecule has 33 heavy (non-hydrogen) atoms. The van der Waals surface area contributed by atoms with Gasteiger partial charge in [0.15, 0.2) is 0 Å². The molecule has 0 aliphatic heterocycles. The largest absolute Gasteiger partial charge is 0.466 e. The van der Waals surface area contributed by atoms with Crippen LogP contribution in [0.15, 0.2) is 85.0 Å². The summed E-state index contributed by atoms with van der Waals surface area (Å²) in [6.45, 7) is 0. The molecule has 0 bridgehead atoms. The zero-order valence-electron chi connectivity index (χ0n) is 16.8. The van der Waals surface area contributed by atoms with Gasteiger partial charge in [0.1, 0.15) is 5.70 Å². The van der Waals surface area contributed by atoms with E-state index in [1.54, 1.807) is 24.3 Å². The van der Waals surface area contributed by atoms with Gasteiger partial charge in [-0.3, -0.25) is 0 Å². The Labute approximate surface area is 218 Å². The maximum Gasteiger partial charge on any atom is 0.340 e. The summed E-state index contributed by atoms with van der Waals surface area (Å²) in [6, 6.07) is 16.3. The number of hydrogen-bond acceptors (Lipinski definition) is 5. The average molecular weight is 557 g/mol. The summed E-state index contributed by atoms with van der Waals surface area (Å²) in [5.74, 6) is -0.743.